The average molecular weight is 257 g/mol. The molecule has 6 nitrogen and oxygen atoms in total. The van der Waals surface area contributed by atoms with Crippen LogP contribution in [0.15, 0.2) is 30.4 Å². The largest absolute Gasteiger partial charge is 0.367 e. The van der Waals surface area contributed by atoms with Crippen molar-refractivity contribution in [2.24, 2.45) is 0 Å². The van der Waals surface area contributed by atoms with E-state index in [0.717, 1.165) is 11.8 Å². The van der Waals surface area contributed by atoms with Crippen molar-refractivity contribution in [2.75, 3.05) is 6.54 Å². The molecule has 0 unspecified atom stereocenters. The van der Waals surface area contributed by atoms with E-state index in [9.17, 15) is 10.1 Å². The Morgan fingerprint density at radius 3 is 2.88 bits per heavy atom. The number of pyridine rings is 1. The number of nitrogens with zero attached hydrogens (tertiary/aromatic N) is 2. The summed E-state index contributed by atoms with van der Waals surface area (Å²) in [6.45, 7) is 2.90. The van der Waals surface area contributed by atoms with Crippen molar-refractivity contribution in [3.8, 4) is 0 Å². The van der Waals surface area contributed by atoms with Gasteiger partial charge in [0.05, 0.1) is 4.92 Å². The number of rotatable bonds is 6. The lowest BCUT2D eigenvalue weighted by molar-refractivity contribution is -0.404. The molecule has 0 aliphatic carbocycles. The van der Waals surface area contributed by atoms with Crippen LogP contribution in [0.2, 0.25) is 5.15 Å². The Kier molecular flexibility index (Phi) is 5.22. The van der Waals surface area contributed by atoms with Gasteiger partial charge in [-0.15, -0.1) is 0 Å². The predicted molar refractivity (Wildman–Crippen MR) is 64.8 cm³/mol. The normalized spacial score (nSPS) is 11.1. The zero-order valence-corrected chi connectivity index (χ0v) is 10.1. The van der Waals surface area contributed by atoms with Crippen LogP contribution in [0.1, 0.15) is 12.5 Å². The Hall–Kier alpha value is -1.82. The molecule has 1 aromatic rings. The first kappa shape index (κ1) is 13.2. The first-order chi connectivity index (χ1) is 8.11. The Morgan fingerprint density at radius 2 is 2.35 bits per heavy atom. The summed E-state index contributed by atoms with van der Waals surface area (Å²) in [5, 5.41) is 16.5. The molecule has 0 saturated heterocycles. The van der Waals surface area contributed by atoms with Crippen LogP contribution in [0.5, 0.6) is 0 Å². The molecule has 2 N–H and O–H groups in total. The summed E-state index contributed by atoms with van der Waals surface area (Å²) in [5.41, 5.74) is 0.890. The molecule has 1 heterocycles. The molecule has 0 bridgehead atoms. The van der Waals surface area contributed by atoms with Gasteiger partial charge in [-0.2, -0.15) is 0 Å². The molecule has 7 heteroatoms. The SMILES string of the molecule is CCNC(=C[N+](=O)[O-])NCc1ccc(Cl)nc1. The van der Waals surface area contributed by atoms with Crippen LogP contribution >= 0.6 is 11.6 Å². The van der Waals surface area contributed by atoms with Crippen molar-refractivity contribution in [2.45, 2.75) is 13.5 Å². The first-order valence-electron chi connectivity index (χ1n) is 5.05. The zero-order valence-electron chi connectivity index (χ0n) is 9.31. The summed E-state index contributed by atoms with van der Waals surface area (Å²) >= 11 is 5.65. The molecule has 0 aliphatic heterocycles. The second-order valence-corrected chi connectivity index (χ2v) is 3.59. The van der Waals surface area contributed by atoms with Crippen molar-refractivity contribution in [3.63, 3.8) is 0 Å². The van der Waals surface area contributed by atoms with Gasteiger partial charge in [0.1, 0.15) is 5.15 Å². The number of nitrogens with one attached hydrogen (secondary N) is 2. The minimum Gasteiger partial charge on any atom is -0.367 e. The van der Waals surface area contributed by atoms with Crippen LogP contribution in [-0.2, 0) is 6.54 Å². The van der Waals surface area contributed by atoms with E-state index in [1.54, 1.807) is 18.3 Å². The van der Waals surface area contributed by atoms with Gasteiger partial charge in [-0.1, -0.05) is 17.7 Å². The van der Waals surface area contributed by atoms with Gasteiger partial charge in [-0.3, -0.25) is 10.1 Å². The van der Waals surface area contributed by atoms with Crippen molar-refractivity contribution < 1.29 is 4.92 Å². The second-order valence-electron chi connectivity index (χ2n) is 3.20. The van der Waals surface area contributed by atoms with E-state index in [-0.39, 0.29) is 0 Å². The highest BCUT2D eigenvalue weighted by Crippen LogP contribution is 2.05. The zero-order chi connectivity index (χ0) is 12.7. The Morgan fingerprint density at radius 1 is 1.59 bits per heavy atom. The average Bonchev–Trinajstić information content (AvgIpc) is 2.27. The van der Waals surface area contributed by atoms with E-state index in [4.69, 9.17) is 11.6 Å². The molecule has 1 aromatic heterocycles. The standard InChI is InChI=1S/C10H13ClN4O2/c1-2-12-10(7-15(16)17)14-6-8-3-4-9(11)13-5-8/h3-5,7,12,14H,2,6H2,1H3. The lowest BCUT2D eigenvalue weighted by Gasteiger charge is -2.09. The number of nitro groups is 1. The summed E-state index contributed by atoms with van der Waals surface area (Å²) in [4.78, 5) is 13.8. The topological polar surface area (TPSA) is 80.1 Å². The highest BCUT2D eigenvalue weighted by molar-refractivity contribution is 6.29. The highest BCUT2D eigenvalue weighted by atomic mass is 35.5. The summed E-state index contributed by atoms with van der Waals surface area (Å²) in [7, 11) is 0. The Balaban J connectivity index is 2.57. The summed E-state index contributed by atoms with van der Waals surface area (Å²) in [6, 6.07) is 3.47. The molecule has 92 valence electrons. The van der Waals surface area contributed by atoms with Crippen molar-refractivity contribution in [1.29, 1.82) is 0 Å². The van der Waals surface area contributed by atoms with Crippen molar-refractivity contribution in [3.05, 3.63) is 51.2 Å². The van der Waals surface area contributed by atoms with E-state index < -0.39 is 4.92 Å². The fourth-order valence-corrected chi connectivity index (χ4v) is 1.27. The third-order valence-corrected chi connectivity index (χ3v) is 2.10. The second kappa shape index (κ2) is 6.70. The van der Waals surface area contributed by atoms with Gasteiger partial charge >= 0.3 is 0 Å². The van der Waals surface area contributed by atoms with Gasteiger partial charge in [-0.25, -0.2) is 4.98 Å². The molecular weight excluding hydrogens is 244 g/mol. The number of halogens is 1. The lowest BCUT2D eigenvalue weighted by atomic mass is 10.3. The molecule has 0 radical (unpaired) electrons. The molecule has 0 fully saturated rings. The Labute approximate surface area is 104 Å². The lowest BCUT2D eigenvalue weighted by Crippen LogP contribution is -2.26. The van der Waals surface area contributed by atoms with Crippen molar-refractivity contribution >= 4 is 11.6 Å². The van der Waals surface area contributed by atoms with Crippen LogP contribution in [0, 0.1) is 10.1 Å². The van der Waals surface area contributed by atoms with Gasteiger partial charge in [0.15, 0.2) is 5.82 Å². The molecular formula is C10H13ClN4O2. The van der Waals surface area contributed by atoms with Gasteiger partial charge in [0.25, 0.3) is 6.20 Å². The Bertz CT molecular complexity index is 405. The van der Waals surface area contributed by atoms with E-state index in [1.807, 2.05) is 6.92 Å². The predicted octanol–water partition coefficient (Wildman–Crippen LogP) is 1.51. The minimum absolute atomic E-state index is 0.368. The fourth-order valence-electron chi connectivity index (χ4n) is 1.16. The van der Waals surface area contributed by atoms with E-state index in [0.29, 0.717) is 24.1 Å². The smallest absolute Gasteiger partial charge is 0.274 e. The molecule has 0 spiro atoms. The van der Waals surface area contributed by atoms with Gasteiger partial charge in [0.2, 0.25) is 0 Å². The number of hydrogen-bond donors (Lipinski definition) is 2. The van der Waals surface area contributed by atoms with E-state index in [1.165, 1.54) is 0 Å². The third kappa shape index (κ3) is 5.17. The summed E-state index contributed by atoms with van der Waals surface area (Å²) in [6.07, 6.45) is 2.51. The fraction of sp³-hybridized carbons (Fsp3) is 0.300. The maximum atomic E-state index is 10.4. The maximum Gasteiger partial charge on any atom is 0.274 e. The van der Waals surface area contributed by atoms with Gasteiger partial charge in [-0.05, 0) is 18.6 Å². The van der Waals surface area contributed by atoms with E-state index in [2.05, 4.69) is 15.6 Å². The highest BCUT2D eigenvalue weighted by Gasteiger charge is 2.01. The van der Waals surface area contributed by atoms with Crippen molar-refractivity contribution in [1.82, 2.24) is 15.6 Å². The minimum atomic E-state index is -0.509. The quantitative estimate of drug-likeness (QED) is 0.458. The third-order valence-electron chi connectivity index (χ3n) is 1.87. The van der Waals surface area contributed by atoms with Gasteiger partial charge < -0.3 is 10.6 Å². The molecule has 0 atom stereocenters. The summed E-state index contributed by atoms with van der Waals surface area (Å²) < 4.78 is 0. The first-order valence-corrected chi connectivity index (χ1v) is 5.43. The van der Waals surface area contributed by atoms with Crippen LogP contribution in [0.4, 0.5) is 0 Å². The number of aromatic nitrogens is 1. The molecule has 1 rings (SSSR count). The molecule has 0 amide bonds. The number of hydrogen-bond acceptors (Lipinski definition) is 5. The van der Waals surface area contributed by atoms with Crippen LogP contribution in [-0.4, -0.2) is 16.5 Å². The molecule has 0 saturated carbocycles. The molecule has 0 aliphatic rings. The van der Waals surface area contributed by atoms with Crippen LogP contribution < -0.4 is 10.6 Å². The molecule has 17 heavy (non-hydrogen) atoms. The maximum absolute atomic E-state index is 10.4. The summed E-state index contributed by atoms with van der Waals surface area (Å²) in [5.74, 6) is 0.368. The van der Waals surface area contributed by atoms with Gasteiger partial charge in [0, 0.05) is 19.3 Å². The van der Waals surface area contributed by atoms with Crippen LogP contribution in [0.25, 0.3) is 0 Å². The monoisotopic (exact) mass is 256 g/mol. The molecule has 0 aromatic carbocycles. The van der Waals surface area contributed by atoms with E-state index >= 15 is 0 Å². The van der Waals surface area contributed by atoms with Crippen LogP contribution in [0.3, 0.4) is 0 Å².